The summed E-state index contributed by atoms with van der Waals surface area (Å²) in [4.78, 5) is 17.7. The highest BCUT2D eigenvalue weighted by atomic mass is 35.5. The highest BCUT2D eigenvalue weighted by Crippen LogP contribution is 2.39. The quantitative estimate of drug-likeness (QED) is 0.187. The van der Waals surface area contributed by atoms with E-state index >= 15 is 0 Å². The maximum absolute atomic E-state index is 6.11. The lowest BCUT2D eigenvalue weighted by molar-refractivity contribution is 1.23. The van der Waals surface area contributed by atoms with Crippen LogP contribution in [0.1, 0.15) is 0 Å². The van der Waals surface area contributed by atoms with E-state index in [9.17, 15) is 0 Å². The van der Waals surface area contributed by atoms with Gasteiger partial charge in [-0.2, -0.15) is 0 Å². The van der Waals surface area contributed by atoms with Gasteiger partial charge in [-0.3, -0.25) is 0 Å². The lowest BCUT2D eigenvalue weighted by Crippen LogP contribution is -1.88. The van der Waals surface area contributed by atoms with E-state index in [1.54, 1.807) is 22.7 Å². The molecule has 0 N–H and O–H groups in total. The van der Waals surface area contributed by atoms with Crippen molar-refractivity contribution in [2.45, 2.75) is 0 Å². The first-order valence-electron chi connectivity index (χ1n) is 12.5. The second kappa shape index (κ2) is 10.6. The highest BCUT2D eigenvalue weighted by molar-refractivity contribution is 7.26. The first-order valence-corrected chi connectivity index (χ1v) is 14.8. The van der Waals surface area contributed by atoms with Gasteiger partial charge in [-0.1, -0.05) is 97.1 Å². The minimum Gasteiger partial charge on any atom is -0.216 e. The minimum absolute atomic E-state index is 0.292. The molecule has 0 aliphatic heterocycles. The van der Waals surface area contributed by atoms with Crippen LogP contribution in [0.5, 0.6) is 0 Å². The molecule has 0 atom stereocenters. The molecule has 4 nitrogen and oxygen atoms in total. The summed E-state index contributed by atoms with van der Waals surface area (Å²) < 4.78 is 4.58. The lowest BCUT2D eigenvalue weighted by Gasteiger charge is -2.02. The Morgan fingerprint density at radius 1 is 0.425 bits per heavy atom. The van der Waals surface area contributed by atoms with Crippen LogP contribution in [0.15, 0.2) is 109 Å². The molecule has 4 aromatic carbocycles. The van der Waals surface area contributed by atoms with Crippen LogP contribution < -0.4 is 0 Å². The van der Waals surface area contributed by atoms with Crippen molar-refractivity contribution >= 4 is 86.5 Å². The van der Waals surface area contributed by atoms with E-state index in [-0.39, 0.29) is 0 Å². The SMILES string of the molecule is Clc1nc(-c2ccccc2)c2sc3ccccc3c2n1.Clc1nc(-c2ccccc2)c2sc3ccccc3c2n1. The molecule has 192 valence electrons. The van der Waals surface area contributed by atoms with Gasteiger partial charge in [-0.25, -0.2) is 19.9 Å². The van der Waals surface area contributed by atoms with Crippen molar-refractivity contribution in [1.29, 1.82) is 0 Å². The summed E-state index contributed by atoms with van der Waals surface area (Å²) in [6.45, 7) is 0. The van der Waals surface area contributed by atoms with E-state index in [2.05, 4.69) is 44.2 Å². The van der Waals surface area contributed by atoms with Gasteiger partial charge < -0.3 is 0 Å². The molecule has 0 unspecified atom stereocenters. The van der Waals surface area contributed by atoms with Crippen molar-refractivity contribution in [3.05, 3.63) is 120 Å². The summed E-state index contributed by atoms with van der Waals surface area (Å²) in [5.41, 5.74) is 5.80. The molecule has 0 radical (unpaired) electrons. The van der Waals surface area contributed by atoms with Crippen LogP contribution in [0.2, 0.25) is 10.6 Å². The normalized spacial score (nSPS) is 11.2. The molecule has 40 heavy (non-hydrogen) atoms. The minimum atomic E-state index is 0.292. The number of nitrogens with zero attached hydrogens (tertiary/aromatic N) is 4. The molecule has 4 heterocycles. The molecule has 0 aliphatic carbocycles. The van der Waals surface area contributed by atoms with Gasteiger partial charge in [0.2, 0.25) is 10.6 Å². The molecular formula is C32H18Cl2N4S2. The molecular weight excluding hydrogens is 575 g/mol. The van der Waals surface area contributed by atoms with E-state index in [4.69, 9.17) is 23.2 Å². The molecule has 0 bridgehead atoms. The number of fused-ring (bicyclic) bond motifs is 6. The average Bonchev–Trinajstić information content (AvgIpc) is 3.56. The fourth-order valence-electron chi connectivity index (χ4n) is 4.71. The van der Waals surface area contributed by atoms with Crippen molar-refractivity contribution in [2.24, 2.45) is 0 Å². The van der Waals surface area contributed by atoms with E-state index in [0.29, 0.717) is 10.6 Å². The zero-order valence-electron chi connectivity index (χ0n) is 20.8. The second-order valence-corrected chi connectivity index (χ2v) is 11.7. The number of benzene rings is 4. The zero-order chi connectivity index (χ0) is 27.1. The Balaban J connectivity index is 0.000000132. The van der Waals surface area contributed by atoms with Crippen molar-refractivity contribution in [3.63, 3.8) is 0 Å². The second-order valence-electron chi connectivity index (χ2n) is 8.97. The maximum atomic E-state index is 6.11. The number of thiophene rings is 2. The van der Waals surface area contributed by atoms with Crippen molar-refractivity contribution in [2.75, 3.05) is 0 Å². The van der Waals surface area contributed by atoms with Gasteiger partial charge in [0, 0.05) is 31.3 Å². The Morgan fingerprint density at radius 2 is 0.800 bits per heavy atom. The third-order valence-corrected chi connectivity index (χ3v) is 9.15. The summed E-state index contributed by atoms with van der Waals surface area (Å²) in [5.74, 6) is 0. The van der Waals surface area contributed by atoms with Gasteiger partial charge in [0.25, 0.3) is 0 Å². The Kier molecular flexibility index (Phi) is 6.61. The Hall–Kier alpha value is -3.94. The summed E-state index contributed by atoms with van der Waals surface area (Å²) in [7, 11) is 0. The lowest BCUT2D eigenvalue weighted by atomic mass is 10.1. The smallest absolute Gasteiger partial charge is 0.216 e. The van der Waals surface area contributed by atoms with Crippen molar-refractivity contribution in [3.8, 4) is 22.5 Å². The molecule has 0 spiro atoms. The van der Waals surface area contributed by atoms with Gasteiger partial charge in [-0.05, 0) is 35.3 Å². The van der Waals surface area contributed by atoms with E-state index in [1.807, 2.05) is 84.9 Å². The third kappa shape index (κ3) is 4.59. The Bertz CT molecular complexity index is 1990. The van der Waals surface area contributed by atoms with Crippen molar-refractivity contribution in [1.82, 2.24) is 19.9 Å². The number of hydrogen-bond acceptors (Lipinski definition) is 6. The largest absolute Gasteiger partial charge is 0.223 e. The van der Waals surface area contributed by atoms with Crippen LogP contribution in [0, 0.1) is 0 Å². The van der Waals surface area contributed by atoms with Crippen molar-refractivity contribution < 1.29 is 0 Å². The molecule has 0 saturated carbocycles. The van der Waals surface area contributed by atoms with E-state index < -0.39 is 0 Å². The number of aromatic nitrogens is 4. The Morgan fingerprint density at radius 3 is 1.23 bits per heavy atom. The van der Waals surface area contributed by atoms with Gasteiger partial charge in [0.1, 0.15) is 0 Å². The van der Waals surface area contributed by atoms with Crippen LogP contribution in [-0.2, 0) is 0 Å². The molecule has 0 saturated heterocycles. The maximum Gasteiger partial charge on any atom is 0.223 e. The molecule has 4 aromatic heterocycles. The monoisotopic (exact) mass is 592 g/mol. The number of rotatable bonds is 2. The van der Waals surface area contributed by atoms with Crippen LogP contribution in [0.3, 0.4) is 0 Å². The predicted molar refractivity (Wildman–Crippen MR) is 171 cm³/mol. The summed E-state index contributed by atoms with van der Waals surface area (Å²) in [5, 5.41) is 2.85. The molecule has 8 rings (SSSR count). The zero-order valence-corrected chi connectivity index (χ0v) is 23.9. The number of halogens is 2. The molecule has 0 amide bonds. The fourth-order valence-corrected chi connectivity index (χ4v) is 7.36. The Labute approximate surface area is 247 Å². The topological polar surface area (TPSA) is 51.6 Å². The van der Waals surface area contributed by atoms with Gasteiger partial charge in [-0.15, -0.1) is 22.7 Å². The fraction of sp³-hybridized carbons (Fsp3) is 0. The van der Waals surface area contributed by atoms with Crippen LogP contribution in [0.4, 0.5) is 0 Å². The summed E-state index contributed by atoms with van der Waals surface area (Å²) in [6.07, 6.45) is 0. The molecule has 8 aromatic rings. The van der Waals surface area contributed by atoms with E-state index in [0.717, 1.165) is 53.7 Å². The average molecular weight is 594 g/mol. The van der Waals surface area contributed by atoms with Gasteiger partial charge >= 0.3 is 0 Å². The first-order chi connectivity index (χ1) is 19.7. The van der Waals surface area contributed by atoms with Crippen LogP contribution >= 0.6 is 45.9 Å². The standard InChI is InChI=1S/2C16H9ClN2S/c2*17-16-18-13(10-6-2-1-3-7-10)15-14(19-16)11-8-4-5-9-12(11)20-15/h2*1-9H. The number of hydrogen-bond donors (Lipinski definition) is 0. The summed E-state index contributed by atoms with van der Waals surface area (Å²) in [6, 6.07) is 36.7. The molecule has 0 fully saturated rings. The molecule has 0 aliphatic rings. The highest BCUT2D eigenvalue weighted by Gasteiger charge is 2.15. The summed E-state index contributed by atoms with van der Waals surface area (Å²) >= 11 is 15.6. The first kappa shape index (κ1) is 25.1. The van der Waals surface area contributed by atoms with Gasteiger partial charge in [0.05, 0.1) is 31.8 Å². The van der Waals surface area contributed by atoms with E-state index in [1.165, 1.54) is 9.40 Å². The molecule has 8 heteroatoms. The van der Waals surface area contributed by atoms with Crippen LogP contribution in [-0.4, -0.2) is 19.9 Å². The van der Waals surface area contributed by atoms with Gasteiger partial charge in [0.15, 0.2) is 0 Å². The predicted octanol–water partition coefficient (Wildman–Crippen LogP) is 10.3. The van der Waals surface area contributed by atoms with Crippen LogP contribution in [0.25, 0.3) is 63.1 Å². The third-order valence-electron chi connectivity index (χ3n) is 6.48.